The smallest absolute Gasteiger partial charge is 0.259 e. The summed E-state index contributed by atoms with van der Waals surface area (Å²) >= 11 is 0. The predicted octanol–water partition coefficient (Wildman–Crippen LogP) is 2.01. The summed E-state index contributed by atoms with van der Waals surface area (Å²) in [5.41, 5.74) is 1.51. The van der Waals surface area contributed by atoms with Crippen molar-refractivity contribution in [2.45, 2.75) is 6.92 Å². The molecule has 1 saturated heterocycles. The standard InChI is InChI=1S/C16H17FN4O2/c1-11-14(15(22)20-13-4-2-12(17)3-5-13)10-18-16(19-11)21-6-8-23-9-7-21/h2-5,10H,6-9H2,1H3,(H,20,22). The third-order valence-corrected chi connectivity index (χ3v) is 3.61. The Morgan fingerprint density at radius 1 is 1.26 bits per heavy atom. The van der Waals surface area contributed by atoms with Crippen LogP contribution in [0.3, 0.4) is 0 Å². The first-order valence-electron chi connectivity index (χ1n) is 7.37. The van der Waals surface area contributed by atoms with Gasteiger partial charge >= 0.3 is 0 Å². The van der Waals surface area contributed by atoms with Crippen LogP contribution in [0.15, 0.2) is 30.5 Å². The van der Waals surface area contributed by atoms with Crippen molar-refractivity contribution in [2.24, 2.45) is 0 Å². The molecule has 120 valence electrons. The summed E-state index contributed by atoms with van der Waals surface area (Å²) in [7, 11) is 0. The molecule has 7 heteroatoms. The van der Waals surface area contributed by atoms with E-state index in [4.69, 9.17) is 4.74 Å². The normalized spacial score (nSPS) is 14.6. The van der Waals surface area contributed by atoms with Gasteiger partial charge in [0, 0.05) is 25.0 Å². The highest BCUT2D eigenvalue weighted by molar-refractivity contribution is 6.04. The van der Waals surface area contributed by atoms with E-state index in [0.717, 1.165) is 13.1 Å². The van der Waals surface area contributed by atoms with Crippen LogP contribution in [-0.4, -0.2) is 42.2 Å². The first-order chi connectivity index (χ1) is 11.1. The molecule has 1 aromatic carbocycles. The molecule has 0 saturated carbocycles. The molecule has 1 aliphatic heterocycles. The minimum atomic E-state index is -0.350. The number of halogens is 1. The fraction of sp³-hybridized carbons (Fsp3) is 0.312. The fourth-order valence-corrected chi connectivity index (χ4v) is 2.33. The highest BCUT2D eigenvalue weighted by atomic mass is 19.1. The third-order valence-electron chi connectivity index (χ3n) is 3.61. The number of aryl methyl sites for hydroxylation is 1. The van der Waals surface area contributed by atoms with Gasteiger partial charge in [-0.05, 0) is 31.2 Å². The van der Waals surface area contributed by atoms with Gasteiger partial charge in [-0.2, -0.15) is 0 Å². The lowest BCUT2D eigenvalue weighted by atomic mass is 10.2. The first kappa shape index (κ1) is 15.4. The van der Waals surface area contributed by atoms with Crippen LogP contribution >= 0.6 is 0 Å². The van der Waals surface area contributed by atoms with Crippen molar-refractivity contribution in [1.29, 1.82) is 0 Å². The monoisotopic (exact) mass is 316 g/mol. The van der Waals surface area contributed by atoms with E-state index < -0.39 is 0 Å². The zero-order valence-electron chi connectivity index (χ0n) is 12.8. The number of hydrogen-bond donors (Lipinski definition) is 1. The van der Waals surface area contributed by atoms with E-state index in [2.05, 4.69) is 15.3 Å². The molecule has 0 bridgehead atoms. The minimum absolute atomic E-state index is 0.317. The molecule has 3 rings (SSSR count). The van der Waals surface area contributed by atoms with Gasteiger partial charge in [-0.3, -0.25) is 4.79 Å². The minimum Gasteiger partial charge on any atom is -0.378 e. The topological polar surface area (TPSA) is 67.3 Å². The van der Waals surface area contributed by atoms with Gasteiger partial charge in [0.15, 0.2) is 0 Å². The number of anilines is 2. The molecule has 0 spiro atoms. The number of carbonyl (C=O) groups is 1. The van der Waals surface area contributed by atoms with E-state index in [9.17, 15) is 9.18 Å². The molecule has 0 atom stereocenters. The number of ether oxygens (including phenoxy) is 1. The van der Waals surface area contributed by atoms with E-state index >= 15 is 0 Å². The molecule has 0 aliphatic carbocycles. The summed E-state index contributed by atoms with van der Waals surface area (Å²) in [6.07, 6.45) is 1.52. The lowest BCUT2D eigenvalue weighted by Gasteiger charge is -2.27. The second-order valence-electron chi connectivity index (χ2n) is 5.23. The summed E-state index contributed by atoms with van der Waals surface area (Å²) in [5.74, 6) is -0.0656. The number of nitrogens with one attached hydrogen (secondary N) is 1. The summed E-state index contributed by atoms with van der Waals surface area (Å²) in [6, 6.07) is 5.60. The van der Waals surface area contributed by atoms with E-state index in [0.29, 0.717) is 36.1 Å². The predicted molar refractivity (Wildman–Crippen MR) is 84.2 cm³/mol. The van der Waals surface area contributed by atoms with Gasteiger partial charge in [-0.1, -0.05) is 0 Å². The Morgan fingerprint density at radius 3 is 2.61 bits per heavy atom. The van der Waals surface area contributed by atoms with Crippen molar-refractivity contribution < 1.29 is 13.9 Å². The number of amides is 1. The van der Waals surface area contributed by atoms with Crippen LogP contribution in [0, 0.1) is 12.7 Å². The average Bonchev–Trinajstić information content (AvgIpc) is 2.57. The zero-order valence-corrected chi connectivity index (χ0v) is 12.8. The first-order valence-corrected chi connectivity index (χ1v) is 7.37. The van der Waals surface area contributed by atoms with Crippen LogP contribution in [0.4, 0.5) is 16.0 Å². The molecule has 6 nitrogen and oxygen atoms in total. The number of hydrogen-bond acceptors (Lipinski definition) is 5. The Hall–Kier alpha value is -2.54. The number of morpholine rings is 1. The number of rotatable bonds is 3. The summed E-state index contributed by atoms with van der Waals surface area (Å²) < 4.78 is 18.2. The van der Waals surface area contributed by atoms with Gasteiger partial charge in [0.2, 0.25) is 5.95 Å². The molecule has 0 radical (unpaired) electrons. The van der Waals surface area contributed by atoms with Gasteiger partial charge in [0.05, 0.1) is 24.5 Å². The van der Waals surface area contributed by atoms with Crippen LogP contribution < -0.4 is 10.2 Å². The van der Waals surface area contributed by atoms with Crippen molar-refractivity contribution in [3.8, 4) is 0 Å². The van der Waals surface area contributed by atoms with Gasteiger partial charge in [0.25, 0.3) is 5.91 Å². The second kappa shape index (κ2) is 6.70. The van der Waals surface area contributed by atoms with Gasteiger partial charge in [-0.15, -0.1) is 0 Å². The molecule has 2 aromatic rings. The number of benzene rings is 1. The number of aromatic nitrogens is 2. The summed E-state index contributed by atoms with van der Waals surface area (Å²) in [6.45, 7) is 4.54. The molecule has 1 aliphatic rings. The Labute approximate surface area is 133 Å². The molecule has 1 aromatic heterocycles. The van der Waals surface area contributed by atoms with E-state index in [1.54, 1.807) is 6.92 Å². The molecule has 1 amide bonds. The zero-order chi connectivity index (χ0) is 16.2. The van der Waals surface area contributed by atoms with Crippen LogP contribution in [-0.2, 0) is 4.74 Å². The molecule has 1 fully saturated rings. The van der Waals surface area contributed by atoms with Crippen molar-refractivity contribution in [2.75, 3.05) is 36.5 Å². The van der Waals surface area contributed by atoms with E-state index in [1.165, 1.54) is 30.5 Å². The Balaban J connectivity index is 1.74. The highest BCUT2D eigenvalue weighted by Gasteiger charge is 2.17. The number of carbonyl (C=O) groups excluding carboxylic acids is 1. The van der Waals surface area contributed by atoms with Gasteiger partial charge in [-0.25, -0.2) is 14.4 Å². The van der Waals surface area contributed by atoms with Crippen LogP contribution in [0.5, 0.6) is 0 Å². The van der Waals surface area contributed by atoms with Crippen molar-refractivity contribution >= 4 is 17.5 Å². The molecular weight excluding hydrogens is 299 g/mol. The van der Waals surface area contributed by atoms with Crippen LogP contribution in [0.1, 0.15) is 16.1 Å². The van der Waals surface area contributed by atoms with E-state index in [-0.39, 0.29) is 11.7 Å². The van der Waals surface area contributed by atoms with Crippen LogP contribution in [0.25, 0.3) is 0 Å². The highest BCUT2D eigenvalue weighted by Crippen LogP contribution is 2.15. The molecule has 2 heterocycles. The second-order valence-corrected chi connectivity index (χ2v) is 5.23. The summed E-state index contributed by atoms with van der Waals surface area (Å²) in [4.78, 5) is 23.0. The van der Waals surface area contributed by atoms with Crippen molar-refractivity contribution in [1.82, 2.24) is 9.97 Å². The van der Waals surface area contributed by atoms with Gasteiger partial charge < -0.3 is 15.0 Å². The molecular formula is C16H17FN4O2. The lowest BCUT2D eigenvalue weighted by molar-refractivity contribution is 0.102. The van der Waals surface area contributed by atoms with Gasteiger partial charge in [0.1, 0.15) is 5.82 Å². The fourth-order valence-electron chi connectivity index (χ4n) is 2.33. The van der Waals surface area contributed by atoms with Crippen molar-refractivity contribution in [3.63, 3.8) is 0 Å². The quantitative estimate of drug-likeness (QED) is 0.938. The Bertz CT molecular complexity index is 700. The largest absolute Gasteiger partial charge is 0.378 e. The SMILES string of the molecule is Cc1nc(N2CCOCC2)ncc1C(=O)Nc1ccc(F)cc1. The average molecular weight is 316 g/mol. The molecule has 23 heavy (non-hydrogen) atoms. The molecule has 1 N–H and O–H groups in total. The van der Waals surface area contributed by atoms with E-state index in [1.807, 2.05) is 4.90 Å². The molecule has 0 unspecified atom stereocenters. The maximum Gasteiger partial charge on any atom is 0.259 e. The third kappa shape index (κ3) is 3.62. The lowest BCUT2D eigenvalue weighted by Crippen LogP contribution is -2.37. The van der Waals surface area contributed by atoms with Crippen LogP contribution in [0.2, 0.25) is 0 Å². The van der Waals surface area contributed by atoms with Crippen molar-refractivity contribution in [3.05, 3.63) is 47.5 Å². The summed E-state index contributed by atoms with van der Waals surface area (Å²) in [5, 5.41) is 2.71. The number of nitrogens with zero attached hydrogens (tertiary/aromatic N) is 3. The Morgan fingerprint density at radius 2 is 1.96 bits per heavy atom. The maximum absolute atomic E-state index is 12.9. The maximum atomic E-state index is 12.9. The Kier molecular flexibility index (Phi) is 4.47.